The lowest BCUT2D eigenvalue weighted by atomic mass is 10.2. The van der Waals surface area contributed by atoms with Gasteiger partial charge in [0.25, 0.3) is 5.56 Å². The predicted molar refractivity (Wildman–Crippen MR) is 70.8 cm³/mol. The number of aromatic amines is 1. The van der Waals surface area contributed by atoms with Gasteiger partial charge in [-0.15, -0.1) is 0 Å². The lowest BCUT2D eigenvalue weighted by molar-refractivity contribution is 0.843. The molecule has 2 aromatic heterocycles. The van der Waals surface area contributed by atoms with E-state index >= 15 is 0 Å². The highest BCUT2D eigenvalue weighted by molar-refractivity contribution is 5.36. The summed E-state index contributed by atoms with van der Waals surface area (Å²) in [4.78, 5) is 24.3. The molecule has 2 aromatic rings. The molecule has 18 heavy (non-hydrogen) atoms. The van der Waals surface area contributed by atoms with E-state index in [-0.39, 0.29) is 5.56 Å². The Bertz CT molecular complexity index is 565. The molecule has 0 bridgehead atoms. The number of anilines is 1. The number of H-pyrrole nitrogens is 1. The number of rotatable bonds is 4. The summed E-state index contributed by atoms with van der Waals surface area (Å²) >= 11 is 0. The molecule has 0 amide bonds. The van der Waals surface area contributed by atoms with E-state index < -0.39 is 0 Å². The van der Waals surface area contributed by atoms with Crippen LogP contribution in [0.25, 0.3) is 0 Å². The second-order valence-electron chi connectivity index (χ2n) is 4.22. The standard InChI is InChI=1S/C13H16N4O/c1-10-15-12(9-13(18)16-10)17(2)8-5-11-3-6-14-7-4-11/h3-4,6-7,9H,5,8H2,1-2H3,(H,15,16,18). The van der Waals surface area contributed by atoms with Crippen molar-refractivity contribution in [2.45, 2.75) is 13.3 Å². The summed E-state index contributed by atoms with van der Waals surface area (Å²) in [5.41, 5.74) is 1.10. The quantitative estimate of drug-likeness (QED) is 0.876. The summed E-state index contributed by atoms with van der Waals surface area (Å²) in [6, 6.07) is 5.49. The van der Waals surface area contributed by atoms with Gasteiger partial charge in [0.2, 0.25) is 0 Å². The Morgan fingerprint density at radius 1 is 1.33 bits per heavy atom. The van der Waals surface area contributed by atoms with Gasteiger partial charge in [0.1, 0.15) is 11.6 Å². The van der Waals surface area contributed by atoms with E-state index in [0.717, 1.165) is 13.0 Å². The van der Waals surface area contributed by atoms with Crippen LogP contribution in [0.1, 0.15) is 11.4 Å². The second-order valence-corrected chi connectivity index (χ2v) is 4.22. The molecule has 94 valence electrons. The van der Waals surface area contributed by atoms with Gasteiger partial charge in [0.05, 0.1) is 0 Å². The number of pyridine rings is 1. The summed E-state index contributed by atoms with van der Waals surface area (Å²) in [5.74, 6) is 1.33. The fourth-order valence-electron chi connectivity index (χ4n) is 1.72. The Labute approximate surface area is 106 Å². The molecule has 0 saturated heterocycles. The number of aromatic nitrogens is 3. The molecule has 5 heteroatoms. The molecule has 0 fully saturated rings. The Morgan fingerprint density at radius 2 is 2.06 bits per heavy atom. The monoisotopic (exact) mass is 244 g/mol. The number of likely N-dealkylation sites (N-methyl/N-ethyl adjacent to an activating group) is 1. The minimum atomic E-state index is -0.117. The molecular formula is C13H16N4O. The summed E-state index contributed by atoms with van der Waals surface area (Å²) < 4.78 is 0. The van der Waals surface area contributed by atoms with Crippen LogP contribution in [0, 0.1) is 6.92 Å². The SMILES string of the molecule is Cc1nc(N(C)CCc2ccncc2)cc(=O)[nH]1. The van der Waals surface area contributed by atoms with Crippen LogP contribution in [0.4, 0.5) is 5.82 Å². The lowest BCUT2D eigenvalue weighted by Gasteiger charge is -2.17. The van der Waals surface area contributed by atoms with Gasteiger partial charge in [0, 0.05) is 32.1 Å². The van der Waals surface area contributed by atoms with Gasteiger partial charge < -0.3 is 9.88 Å². The molecule has 0 unspecified atom stereocenters. The van der Waals surface area contributed by atoms with Crippen molar-refractivity contribution in [2.75, 3.05) is 18.5 Å². The summed E-state index contributed by atoms with van der Waals surface area (Å²) in [5, 5.41) is 0. The van der Waals surface area contributed by atoms with Crippen molar-refractivity contribution < 1.29 is 0 Å². The van der Waals surface area contributed by atoms with Gasteiger partial charge in [-0.1, -0.05) is 0 Å². The van der Waals surface area contributed by atoms with E-state index in [4.69, 9.17) is 0 Å². The summed E-state index contributed by atoms with van der Waals surface area (Å²) in [6.45, 7) is 2.58. The fraction of sp³-hybridized carbons (Fsp3) is 0.308. The van der Waals surface area contributed by atoms with Crippen LogP contribution in [0.3, 0.4) is 0 Å². The maximum atomic E-state index is 11.4. The zero-order chi connectivity index (χ0) is 13.0. The highest BCUT2D eigenvalue weighted by atomic mass is 16.1. The van der Waals surface area contributed by atoms with E-state index in [1.165, 1.54) is 11.6 Å². The van der Waals surface area contributed by atoms with E-state index in [9.17, 15) is 4.79 Å². The van der Waals surface area contributed by atoms with Crippen LogP contribution in [0.15, 0.2) is 35.4 Å². The lowest BCUT2D eigenvalue weighted by Crippen LogP contribution is -2.24. The highest BCUT2D eigenvalue weighted by Crippen LogP contribution is 2.07. The molecule has 0 saturated carbocycles. The van der Waals surface area contributed by atoms with Crippen molar-refractivity contribution in [3.05, 3.63) is 52.3 Å². The first-order valence-electron chi connectivity index (χ1n) is 5.83. The number of aryl methyl sites for hydroxylation is 1. The Balaban J connectivity index is 2.03. The number of nitrogens with one attached hydrogen (secondary N) is 1. The predicted octanol–water partition coefficient (Wildman–Crippen LogP) is 1.15. The minimum Gasteiger partial charge on any atom is -0.359 e. The fourth-order valence-corrected chi connectivity index (χ4v) is 1.72. The molecule has 2 heterocycles. The molecule has 0 aliphatic heterocycles. The maximum absolute atomic E-state index is 11.4. The average molecular weight is 244 g/mol. The van der Waals surface area contributed by atoms with E-state index in [0.29, 0.717) is 11.6 Å². The topological polar surface area (TPSA) is 61.9 Å². The first-order chi connectivity index (χ1) is 8.65. The van der Waals surface area contributed by atoms with E-state index in [2.05, 4.69) is 15.0 Å². The van der Waals surface area contributed by atoms with Crippen molar-refractivity contribution in [3.63, 3.8) is 0 Å². The van der Waals surface area contributed by atoms with Gasteiger partial charge in [0.15, 0.2) is 0 Å². The first-order valence-corrected chi connectivity index (χ1v) is 5.83. The van der Waals surface area contributed by atoms with Gasteiger partial charge in [-0.05, 0) is 31.0 Å². The van der Waals surface area contributed by atoms with Gasteiger partial charge >= 0.3 is 0 Å². The second kappa shape index (κ2) is 5.44. The van der Waals surface area contributed by atoms with Gasteiger partial charge in [-0.25, -0.2) is 4.98 Å². The smallest absolute Gasteiger partial charge is 0.252 e. The largest absolute Gasteiger partial charge is 0.359 e. The Kier molecular flexibility index (Phi) is 3.72. The van der Waals surface area contributed by atoms with Crippen LogP contribution in [-0.2, 0) is 6.42 Å². The Morgan fingerprint density at radius 3 is 2.72 bits per heavy atom. The highest BCUT2D eigenvalue weighted by Gasteiger charge is 2.04. The van der Waals surface area contributed by atoms with Crippen LogP contribution in [0.5, 0.6) is 0 Å². The third kappa shape index (κ3) is 3.16. The minimum absolute atomic E-state index is 0.117. The molecular weight excluding hydrogens is 228 g/mol. The summed E-state index contributed by atoms with van der Waals surface area (Å²) in [7, 11) is 1.93. The molecule has 0 radical (unpaired) electrons. The zero-order valence-electron chi connectivity index (χ0n) is 10.6. The zero-order valence-corrected chi connectivity index (χ0v) is 10.6. The van der Waals surface area contributed by atoms with Gasteiger partial charge in [-0.2, -0.15) is 0 Å². The normalized spacial score (nSPS) is 10.3. The van der Waals surface area contributed by atoms with Crippen LogP contribution < -0.4 is 10.5 Å². The number of nitrogens with zero attached hydrogens (tertiary/aromatic N) is 3. The molecule has 0 aliphatic carbocycles. The van der Waals surface area contributed by atoms with Crippen LogP contribution >= 0.6 is 0 Å². The molecule has 0 spiro atoms. The van der Waals surface area contributed by atoms with E-state index in [1.54, 1.807) is 19.3 Å². The van der Waals surface area contributed by atoms with Crippen molar-refractivity contribution >= 4 is 5.82 Å². The van der Waals surface area contributed by atoms with Crippen LogP contribution in [0.2, 0.25) is 0 Å². The molecule has 0 aliphatic rings. The van der Waals surface area contributed by atoms with Crippen LogP contribution in [-0.4, -0.2) is 28.5 Å². The number of hydrogen-bond acceptors (Lipinski definition) is 4. The molecule has 1 N–H and O–H groups in total. The summed E-state index contributed by atoms with van der Waals surface area (Å²) in [6.07, 6.45) is 4.46. The van der Waals surface area contributed by atoms with Crippen molar-refractivity contribution in [1.82, 2.24) is 15.0 Å². The molecule has 0 aromatic carbocycles. The molecule has 2 rings (SSSR count). The maximum Gasteiger partial charge on any atom is 0.252 e. The third-order valence-corrected chi connectivity index (χ3v) is 2.72. The molecule has 0 atom stereocenters. The van der Waals surface area contributed by atoms with Crippen molar-refractivity contribution in [2.24, 2.45) is 0 Å². The first kappa shape index (κ1) is 12.3. The third-order valence-electron chi connectivity index (χ3n) is 2.72. The van der Waals surface area contributed by atoms with Crippen molar-refractivity contribution in [1.29, 1.82) is 0 Å². The number of hydrogen-bond donors (Lipinski definition) is 1. The Hall–Kier alpha value is -2.17. The molecule has 5 nitrogen and oxygen atoms in total. The van der Waals surface area contributed by atoms with E-state index in [1.807, 2.05) is 24.1 Å². The van der Waals surface area contributed by atoms with Gasteiger partial charge in [-0.3, -0.25) is 9.78 Å². The average Bonchev–Trinajstić information content (AvgIpc) is 2.36. The van der Waals surface area contributed by atoms with Crippen molar-refractivity contribution in [3.8, 4) is 0 Å².